The second-order valence-corrected chi connectivity index (χ2v) is 9.86. The minimum atomic E-state index is -4.68. The molecule has 0 fully saturated rings. The van der Waals surface area contributed by atoms with Crippen LogP contribution in [0.5, 0.6) is 0 Å². The number of carbonyl (C=O) groups excluding carboxylic acids is 4. The monoisotopic (exact) mass is 630 g/mol. The zero-order chi connectivity index (χ0) is 30.7. The minimum absolute atomic E-state index is 0. The standard InChI is InChI=1S/2C12H12N2O5S.Ca/c2*1-3-11(15)13-9-6-5-8(20(17,18)19)7-10(9)14-12(16)4-2;/h2*3-7H,1-2H2,(H,13,15)(H,14,16)(H,17,18,19);/q;;+2/p-2. The molecule has 0 heterocycles. The predicted molar refractivity (Wildman–Crippen MR) is 150 cm³/mol. The van der Waals surface area contributed by atoms with Crippen molar-refractivity contribution in [3.05, 3.63) is 87.0 Å². The molecule has 0 atom stereocenters. The van der Waals surface area contributed by atoms with Crippen molar-refractivity contribution >= 4 is 104 Å². The van der Waals surface area contributed by atoms with Gasteiger partial charge in [-0.2, -0.15) is 0 Å². The number of nitrogens with one attached hydrogen (secondary N) is 4. The van der Waals surface area contributed by atoms with E-state index in [1.165, 1.54) is 12.1 Å². The van der Waals surface area contributed by atoms with E-state index >= 15 is 0 Å². The van der Waals surface area contributed by atoms with Crippen LogP contribution in [0.3, 0.4) is 0 Å². The fourth-order valence-electron chi connectivity index (χ4n) is 2.52. The van der Waals surface area contributed by atoms with Gasteiger partial charge in [-0.15, -0.1) is 0 Å². The van der Waals surface area contributed by atoms with Crippen molar-refractivity contribution in [2.75, 3.05) is 21.3 Å². The van der Waals surface area contributed by atoms with Crippen LogP contribution >= 0.6 is 0 Å². The van der Waals surface area contributed by atoms with Gasteiger partial charge in [-0.05, 0) is 60.7 Å². The molecule has 212 valence electrons. The Hall–Kier alpha value is -3.64. The Balaban J connectivity index is 0.000000762. The van der Waals surface area contributed by atoms with Crippen LogP contribution in [0.15, 0.2) is 96.8 Å². The third kappa shape index (κ3) is 12.6. The van der Waals surface area contributed by atoms with Crippen LogP contribution in [0, 0.1) is 0 Å². The van der Waals surface area contributed by atoms with Crippen LogP contribution in [0.4, 0.5) is 22.7 Å². The molecule has 0 saturated carbocycles. The Kier molecular flexibility index (Phi) is 15.1. The zero-order valence-corrected chi connectivity index (χ0v) is 25.0. The van der Waals surface area contributed by atoms with Crippen LogP contribution in [0.25, 0.3) is 0 Å². The van der Waals surface area contributed by atoms with Gasteiger partial charge in [-0.25, -0.2) is 16.8 Å². The Morgan fingerprint density at radius 3 is 1.00 bits per heavy atom. The number of hydrogen-bond acceptors (Lipinski definition) is 10. The van der Waals surface area contributed by atoms with Crippen molar-refractivity contribution in [3.63, 3.8) is 0 Å². The molecule has 0 unspecified atom stereocenters. The van der Waals surface area contributed by atoms with E-state index in [0.717, 1.165) is 48.6 Å². The summed E-state index contributed by atoms with van der Waals surface area (Å²) in [5.74, 6) is -2.37. The summed E-state index contributed by atoms with van der Waals surface area (Å²) in [6, 6.07) is 6.30. The Morgan fingerprint density at radius 2 is 0.780 bits per heavy atom. The smallest absolute Gasteiger partial charge is 0.744 e. The van der Waals surface area contributed by atoms with Gasteiger partial charge >= 0.3 is 37.7 Å². The summed E-state index contributed by atoms with van der Waals surface area (Å²) >= 11 is 0. The summed E-state index contributed by atoms with van der Waals surface area (Å²) in [7, 11) is -9.36. The van der Waals surface area contributed by atoms with Gasteiger partial charge in [0, 0.05) is 0 Å². The van der Waals surface area contributed by atoms with E-state index in [1.54, 1.807) is 0 Å². The molecule has 4 N–H and O–H groups in total. The topological polar surface area (TPSA) is 231 Å². The molecule has 0 bridgehead atoms. The molecule has 4 amide bonds. The molecule has 41 heavy (non-hydrogen) atoms. The van der Waals surface area contributed by atoms with Crippen molar-refractivity contribution < 1.29 is 45.1 Å². The Bertz CT molecular complexity index is 1480. The number of anilines is 4. The zero-order valence-electron chi connectivity index (χ0n) is 21.2. The summed E-state index contributed by atoms with van der Waals surface area (Å²) in [5, 5.41) is 9.32. The van der Waals surface area contributed by atoms with Crippen molar-refractivity contribution in [1.29, 1.82) is 0 Å². The van der Waals surface area contributed by atoms with E-state index < -0.39 is 53.7 Å². The Labute approximate surface area is 265 Å². The maximum absolute atomic E-state index is 11.3. The first-order valence-corrected chi connectivity index (χ1v) is 13.3. The molecule has 0 aliphatic carbocycles. The molecule has 0 radical (unpaired) electrons. The molecular formula is C24H22CaN4O10S2. The molecule has 2 rings (SSSR count). The predicted octanol–water partition coefficient (Wildman–Crippen LogP) is 1.30. The molecular weight excluding hydrogens is 608 g/mol. The average molecular weight is 631 g/mol. The van der Waals surface area contributed by atoms with Crippen LogP contribution in [-0.4, -0.2) is 87.3 Å². The van der Waals surface area contributed by atoms with Gasteiger partial charge in [0.05, 0.1) is 32.5 Å². The first-order chi connectivity index (χ1) is 18.5. The van der Waals surface area contributed by atoms with Gasteiger partial charge in [0.15, 0.2) is 0 Å². The molecule has 2 aromatic carbocycles. The van der Waals surface area contributed by atoms with Crippen LogP contribution in [0.2, 0.25) is 0 Å². The normalized spacial score (nSPS) is 10.2. The van der Waals surface area contributed by atoms with Crippen LogP contribution in [0.1, 0.15) is 0 Å². The molecule has 2 aromatic rings. The second kappa shape index (κ2) is 16.6. The summed E-state index contributed by atoms with van der Waals surface area (Å²) in [6.45, 7) is 13.0. The van der Waals surface area contributed by atoms with Crippen LogP contribution in [-0.2, 0) is 39.4 Å². The van der Waals surface area contributed by atoms with E-state index in [2.05, 4.69) is 47.6 Å². The van der Waals surface area contributed by atoms with E-state index in [1.807, 2.05) is 0 Å². The molecule has 0 aromatic heterocycles. The van der Waals surface area contributed by atoms with E-state index in [4.69, 9.17) is 0 Å². The third-order valence-electron chi connectivity index (χ3n) is 4.33. The van der Waals surface area contributed by atoms with Crippen molar-refractivity contribution in [1.82, 2.24) is 0 Å². The van der Waals surface area contributed by atoms with Gasteiger partial charge < -0.3 is 30.4 Å². The molecule has 14 nitrogen and oxygen atoms in total. The molecule has 17 heteroatoms. The van der Waals surface area contributed by atoms with Gasteiger partial charge in [0.25, 0.3) is 0 Å². The number of amides is 4. The van der Waals surface area contributed by atoms with Gasteiger partial charge in [0.2, 0.25) is 23.6 Å². The molecule has 0 spiro atoms. The fraction of sp³-hybridized carbons (Fsp3) is 0. The number of rotatable bonds is 10. The molecule has 0 aliphatic rings. The van der Waals surface area contributed by atoms with E-state index in [9.17, 15) is 45.1 Å². The van der Waals surface area contributed by atoms with Crippen molar-refractivity contribution in [2.24, 2.45) is 0 Å². The average Bonchev–Trinajstić information content (AvgIpc) is 2.89. The van der Waals surface area contributed by atoms with Crippen LogP contribution < -0.4 is 21.3 Å². The summed E-state index contributed by atoms with van der Waals surface area (Å²) in [5.41, 5.74) is 0.166. The maximum Gasteiger partial charge on any atom is 2.00 e. The Morgan fingerprint density at radius 1 is 0.537 bits per heavy atom. The molecule has 0 aliphatic heterocycles. The van der Waals surface area contributed by atoms with E-state index in [-0.39, 0.29) is 60.5 Å². The van der Waals surface area contributed by atoms with Crippen molar-refractivity contribution in [2.45, 2.75) is 9.79 Å². The first-order valence-electron chi connectivity index (χ1n) is 10.5. The maximum atomic E-state index is 11.3. The van der Waals surface area contributed by atoms with Gasteiger partial charge in [-0.1, -0.05) is 26.3 Å². The second-order valence-electron chi connectivity index (χ2n) is 7.10. The number of carbonyl (C=O) groups is 4. The SMILES string of the molecule is C=CC(=O)Nc1ccc(S(=O)(=O)[O-])cc1NC(=O)C=C.C=CC(=O)Nc1ccc(S(=O)(=O)[O-])cc1NC(=O)C=C.[Ca+2]. The minimum Gasteiger partial charge on any atom is -0.744 e. The van der Waals surface area contributed by atoms with Gasteiger partial charge in [-0.3, -0.25) is 19.2 Å². The number of benzene rings is 2. The summed E-state index contributed by atoms with van der Waals surface area (Å²) < 4.78 is 65.6. The molecule has 0 saturated heterocycles. The number of hydrogen-bond donors (Lipinski definition) is 4. The van der Waals surface area contributed by atoms with Crippen molar-refractivity contribution in [3.8, 4) is 0 Å². The van der Waals surface area contributed by atoms with E-state index in [0.29, 0.717) is 0 Å². The fourth-order valence-corrected chi connectivity index (χ4v) is 3.51. The first kappa shape index (κ1) is 37.4. The third-order valence-corrected chi connectivity index (χ3v) is 6.00. The quantitative estimate of drug-likeness (QED) is 0.167. The van der Waals surface area contributed by atoms with Gasteiger partial charge in [0.1, 0.15) is 20.2 Å². The summed E-state index contributed by atoms with van der Waals surface area (Å²) in [6.07, 6.45) is 3.91. The largest absolute Gasteiger partial charge is 2.00 e. The summed E-state index contributed by atoms with van der Waals surface area (Å²) in [4.78, 5) is 43.9.